The Morgan fingerprint density at radius 1 is 1.65 bits per heavy atom. The van der Waals surface area contributed by atoms with E-state index < -0.39 is 21.8 Å². The van der Waals surface area contributed by atoms with Gasteiger partial charge in [0.25, 0.3) is 0 Å². The zero-order valence-corrected chi connectivity index (χ0v) is 11.3. The van der Waals surface area contributed by atoms with Gasteiger partial charge in [0.1, 0.15) is 0 Å². The van der Waals surface area contributed by atoms with Crippen LogP contribution in [0, 0.1) is 10.1 Å². The molecule has 1 aliphatic heterocycles. The summed E-state index contributed by atoms with van der Waals surface area (Å²) in [6.07, 6.45) is 1.60. The van der Waals surface area contributed by atoms with E-state index in [4.69, 9.17) is 5.11 Å². The molecule has 0 aliphatic carbocycles. The number of carboxylic acid groups (broad SMARTS) is 1. The van der Waals surface area contributed by atoms with Gasteiger partial charge < -0.3 is 10.0 Å². The van der Waals surface area contributed by atoms with Crippen LogP contribution in [-0.2, 0) is 10.8 Å². The molecule has 0 radical (unpaired) electrons. The summed E-state index contributed by atoms with van der Waals surface area (Å²) in [6.45, 7) is 0.404. The Balaban J connectivity index is 2.17. The van der Waals surface area contributed by atoms with Crippen LogP contribution >= 0.6 is 0 Å². The minimum Gasteiger partial charge on any atom is -0.465 e. The molecular weight excluding hydrogens is 286 g/mol. The molecule has 2 rings (SSSR count). The average molecular weight is 299 g/mol. The summed E-state index contributed by atoms with van der Waals surface area (Å²) in [5.74, 6) is 0.0319. The molecule has 1 amide bonds. The number of nitrogens with zero attached hydrogens (tertiary/aromatic N) is 3. The standard InChI is InChI=1S/C11H13N3O5S/c15-11(16)13-6-2-3-8(13)7-20(19)10-9(14(17)18)4-1-5-12-10/h1,4-5,8H,2-3,6-7H2,(H,15,16). The maximum Gasteiger partial charge on any atom is 0.407 e. The maximum atomic E-state index is 12.2. The normalized spacial score (nSPS) is 19.8. The quantitative estimate of drug-likeness (QED) is 0.661. The van der Waals surface area contributed by atoms with Crippen LogP contribution in [0.25, 0.3) is 0 Å². The number of likely N-dealkylation sites (tertiary alicyclic amines) is 1. The lowest BCUT2D eigenvalue weighted by Crippen LogP contribution is -2.37. The van der Waals surface area contributed by atoms with E-state index in [9.17, 15) is 19.1 Å². The van der Waals surface area contributed by atoms with Crippen LogP contribution in [0.1, 0.15) is 12.8 Å². The predicted octanol–water partition coefficient (Wildman–Crippen LogP) is 1.24. The molecule has 8 nitrogen and oxygen atoms in total. The Kier molecular flexibility index (Phi) is 4.28. The molecular formula is C11H13N3O5S. The van der Waals surface area contributed by atoms with Gasteiger partial charge in [-0.2, -0.15) is 0 Å². The van der Waals surface area contributed by atoms with E-state index in [-0.39, 0.29) is 22.5 Å². The summed E-state index contributed by atoms with van der Waals surface area (Å²) in [5.41, 5.74) is -0.300. The first-order chi connectivity index (χ1) is 9.50. The topological polar surface area (TPSA) is 114 Å². The molecule has 9 heteroatoms. The fourth-order valence-corrected chi connectivity index (χ4v) is 3.62. The van der Waals surface area contributed by atoms with Gasteiger partial charge in [-0.25, -0.2) is 9.78 Å². The Bertz CT molecular complexity index is 565. The van der Waals surface area contributed by atoms with Gasteiger partial charge in [0.05, 0.1) is 21.5 Å². The molecule has 0 bridgehead atoms. The van der Waals surface area contributed by atoms with Crippen molar-refractivity contribution in [2.24, 2.45) is 0 Å². The lowest BCUT2D eigenvalue weighted by Gasteiger charge is -2.20. The van der Waals surface area contributed by atoms with Crippen LogP contribution < -0.4 is 0 Å². The second-order valence-electron chi connectivity index (χ2n) is 4.37. The van der Waals surface area contributed by atoms with Crippen molar-refractivity contribution in [2.75, 3.05) is 12.3 Å². The third-order valence-electron chi connectivity index (χ3n) is 3.13. The van der Waals surface area contributed by atoms with Crippen molar-refractivity contribution in [3.63, 3.8) is 0 Å². The maximum absolute atomic E-state index is 12.2. The van der Waals surface area contributed by atoms with E-state index in [1.54, 1.807) is 0 Å². The lowest BCUT2D eigenvalue weighted by molar-refractivity contribution is -0.388. The molecule has 0 aromatic carbocycles. The van der Waals surface area contributed by atoms with Gasteiger partial charge in [0.15, 0.2) is 0 Å². The van der Waals surface area contributed by atoms with E-state index in [1.807, 2.05) is 0 Å². The average Bonchev–Trinajstić information content (AvgIpc) is 2.87. The van der Waals surface area contributed by atoms with Gasteiger partial charge in [0.2, 0.25) is 5.03 Å². The molecule has 1 N–H and O–H groups in total. The van der Waals surface area contributed by atoms with E-state index in [2.05, 4.69) is 4.98 Å². The fourth-order valence-electron chi connectivity index (χ4n) is 2.21. The highest BCUT2D eigenvalue weighted by Gasteiger charge is 2.32. The van der Waals surface area contributed by atoms with Gasteiger partial charge >= 0.3 is 11.8 Å². The summed E-state index contributed by atoms with van der Waals surface area (Å²) in [5, 5.41) is 19.8. The number of aromatic nitrogens is 1. The molecule has 108 valence electrons. The zero-order valence-electron chi connectivity index (χ0n) is 10.5. The Hall–Kier alpha value is -2.03. The number of rotatable bonds is 4. The van der Waals surface area contributed by atoms with Crippen LogP contribution in [0.4, 0.5) is 10.5 Å². The molecule has 2 unspecified atom stereocenters. The van der Waals surface area contributed by atoms with Gasteiger partial charge in [-0.05, 0) is 18.9 Å². The van der Waals surface area contributed by atoms with Crippen molar-refractivity contribution < 1.29 is 19.0 Å². The second-order valence-corrected chi connectivity index (χ2v) is 5.78. The van der Waals surface area contributed by atoms with Crippen molar-refractivity contribution in [1.29, 1.82) is 0 Å². The first kappa shape index (κ1) is 14.4. The van der Waals surface area contributed by atoms with Crippen LogP contribution in [0.5, 0.6) is 0 Å². The molecule has 1 fully saturated rings. The molecule has 1 aromatic heterocycles. The third-order valence-corrected chi connectivity index (χ3v) is 4.56. The summed E-state index contributed by atoms with van der Waals surface area (Å²) in [4.78, 5) is 26.3. The van der Waals surface area contributed by atoms with Crippen LogP contribution in [0.2, 0.25) is 0 Å². The molecule has 20 heavy (non-hydrogen) atoms. The van der Waals surface area contributed by atoms with Crippen LogP contribution in [-0.4, -0.2) is 48.6 Å². The van der Waals surface area contributed by atoms with Gasteiger partial charge in [-0.15, -0.1) is 0 Å². The van der Waals surface area contributed by atoms with E-state index in [1.165, 1.54) is 23.2 Å². The van der Waals surface area contributed by atoms with Crippen LogP contribution in [0.15, 0.2) is 23.4 Å². The smallest absolute Gasteiger partial charge is 0.407 e. The molecule has 1 aromatic rings. The molecule has 0 spiro atoms. The molecule has 0 saturated carbocycles. The van der Waals surface area contributed by atoms with Crippen molar-refractivity contribution in [3.8, 4) is 0 Å². The number of nitro groups is 1. The highest BCUT2D eigenvalue weighted by Crippen LogP contribution is 2.23. The third kappa shape index (κ3) is 2.93. The Labute approximate surface area is 117 Å². The first-order valence-corrected chi connectivity index (χ1v) is 7.30. The van der Waals surface area contributed by atoms with Crippen molar-refractivity contribution in [3.05, 3.63) is 28.4 Å². The molecule has 2 atom stereocenters. The number of pyridine rings is 1. The lowest BCUT2D eigenvalue weighted by atomic mass is 10.2. The fraction of sp³-hybridized carbons (Fsp3) is 0.455. The van der Waals surface area contributed by atoms with Crippen molar-refractivity contribution >= 4 is 22.6 Å². The minimum atomic E-state index is -1.70. The van der Waals surface area contributed by atoms with Gasteiger partial charge in [-0.3, -0.25) is 14.3 Å². The zero-order chi connectivity index (χ0) is 14.7. The monoisotopic (exact) mass is 299 g/mol. The van der Waals surface area contributed by atoms with Crippen LogP contribution in [0.3, 0.4) is 0 Å². The number of carbonyl (C=O) groups is 1. The number of hydrogen-bond donors (Lipinski definition) is 1. The number of amides is 1. The van der Waals surface area contributed by atoms with E-state index in [0.717, 1.165) is 0 Å². The molecule has 1 saturated heterocycles. The largest absolute Gasteiger partial charge is 0.465 e. The SMILES string of the molecule is O=C(O)N1CCCC1CS(=O)c1ncccc1[N+](=O)[O-]. The first-order valence-electron chi connectivity index (χ1n) is 5.98. The van der Waals surface area contributed by atoms with E-state index >= 15 is 0 Å². The summed E-state index contributed by atoms with van der Waals surface area (Å²) < 4.78 is 12.2. The van der Waals surface area contributed by atoms with E-state index in [0.29, 0.717) is 19.4 Å². The molecule has 2 heterocycles. The van der Waals surface area contributed by atoms with Gasteiger partial charge in [-0.1, -0.05) is 0 Å². The summed E-state index contributed by atoms with van der Waals surface area (Å²) in [7, 11) is -1.70. The number of hydrogen-bond acceptors (Lipinski definition) is 5. The Morgan fingerprint density at radius 2 is 2.40 bits per heavy atom. The molecule has 1 aliphatic rings. The minimum absolute atomic E-state index is 0.0319. The highest BCUT2D eigenvalue weighted by atomic mass is 32.2. The van der Waals surface area contributed by atoms with Crippen molar-refractivity contribution in [2.45, 2.75) is 23.9 Å². The van der Waals surface area contributed by atoms with Gasteiger partial charge in [0, 0.05) is 24.8 Å². The second kappa shape index (κ2) is 5.95. The predicted molar refractivity (Wildman–Crippen MR) is 69.9 cm³/mol. The van der Waals surface area contributed by atoms with Crippen molar-refractivity contribution in [1.82, 2.24) is 9.88 Å². The summed E-state index contributed by atoms with van der Waals surface area (Å²) in [6, 6.07) is 2.26. The summed E-state index contributed by atoms with van der Waals surface area (Å²) >= 11 is 0. The highest BCUT2D eigenvalue weighted by molar-refractivity contribution is 7.85. The Morgan fingerprint density at radius 3 is 3.05 bits per heavy atom.